The van der Waals surface area contributed by atoms with Crippen LogP contribution in [0.1, 0.15) is 12.7 Å². The van der Waals surface area contributed by atoms with Gasteiger partial charge in [0.2, 0.25) is 10.0 Å². The van der Waals surface area contributed by atoms with Crippen LogP contribution in [-0.2, 0) is 10.0 Å². The summed E-state index contributed by atoms with van der Waals surface area (Å²) in [4.78, 5) is 4.15. The van der Waals surface area contributed by atoms with Crippen LogP contribution in [0.5, 0.6) is 0 Å². The van der Waals surface area contributed by atoms with Crippen molar-refractivity contribution in [2.45, 2.75) is 13.8 Å². The largest absolute Gasteiger partial charge is 0.304 e. The Kier molecular flexibility index (Phi) is 3.94. The van der Waals surface area contributed by atoms with Crippen molar-refractivity contribution in [1.29, 1.82) is 0 Å². The molecule has 2 rings (SSSR count). The van der Waals surface area contributed by atoms with E-state index >= 15 is 0 Å². The van der Waals surface area contributed by atoms with Gasteiger partial charge in [-0.15, -0.1) is 0 Å². The quantitative estimate of drug-likeness (QED) is 0.861. The highest BCUT2D eigenvalue weighted by Crippen LogP contribution is 2.16. The first kappa shape index (κ1) is 14.3. The Morgan fingerprint density at radius 1 is 1.35 bits per heavy atom. The van der Waals surface area contributed by atoms with Gasteiger partial charge in [-0.05, 0) is 38.1 Å². The van der Waals surface area contributed by atoms with Gasteiger partial charge in [-0.1, -0.05) is 12.2 Å². The van der Waals surface area contributed by atoms with Crippen molar-refractivity contribution in [1.82, 2.24) is 9.55 Å². The second-order valence-electron chi connectivity index (χ2n) is 4.71. The normalized spacial score (nSPS) is 11.3. The fourth-order valence-electron chi connectivity index (χ4n) is 1.88. The highest BCUT2D eigenvalue weighted by atomic mass is 32.2. The predicted molar refractivity (Wildman–Crippen MR) is 80.5 cm³/mol. The monoisotopic (exact) mass is 291 g/mol. The van der Waals surface area contributed by atoms with Crippen LogP contribution >= 0.6 is 0 Å². The lowest BCUT2D eigenvalue weighted by Gasteiger charge is -2.09. The molecule has 1 N–H and O–H groups in total. The zero-order valence-electron chi connectivity index (χ0n) is 11.5. The van der Waals surface area contributed by atoms with Crippen molar-refractivity contribution in [3.05, 3.63) is 54.6 Å². The second-order valence-corrected chi connectivity index (χ2v) is 6.43. The van der Waals surface area contributed by atoms with Crippen LogP contribution in [0.4, 0.5) is 5.69 Å². The van der Waals surface area contributed by atoms with Crippen molar-refractivity contribution < 1.29 is 8.42 Å². The molecule has 5 nitrogen and oxygen atoms in total. The Bertz CT molecular complexity index is 715. The summed E-state index contributed by atoms with van der Waals surface area (Å²) in [6.45, 7) is 7.20. The van der Waals surface area contributed by atoms with E-state index in [0.29, 0.717) is 11.3 Å². The van der Waals surface area contributed by atoms with Crippen molar-refractivity contribution in [3.8, 4) is 5.69 Å². The summed E-state index contributed by atoms with van der Waals surface area (Å²) in [5.41, 5.74) is 2.07. The van der Waals surface area contributed by atoms with Gasteiger partial charge in [0, 0.05) is 23.8 Å². The van der Waals surface area contributed by atoms with Crippen molar-refractivity contribution in [3.63, 3.8) is 0 Å². The van der Waals surface area contributed by atoms with Gasteiger partial charge in [-0.2, -0.15) is 0 Å². The number of nitrogens with zero attached hydrogens (tertiary/aromatic N) is 2. The van der Waals surface area contributed by atoms with E-state index in [1.807, 2.05) is 29.8 Å². The molecule has 0 aliphatic heterocycles. The molecule has 0 atom stereocenters. The number of rotatable bonds is 5. The average Bonchev–Trinajstić information content (AvgIpc) is 2.74. The van der Waals surface area contributed by atoms with Gasteiger partial charge in [0.15, 0.2) is 0 Å². The summed E-state index contributed by atoms with van der Waals surface area (Å²) >= 11 is 0. The Labute approximate surface area is 119 Å². The summed E-state index contributed by atoms with van der Waals surface area (Å²) in [6.07, 6.45) is 3.58. The molecule has 0 saturated heterocycles. The van der Waals surface area contributed by atoms with E-state index in [2.05, 4.69) is 16.3 Å². The molecule has 0 aliphatic rings. The first-order valence-corrected chi connectivity index (χ1v) is 7.78. The molecule has 0 amide bonds. The van der Waals surface area contributed by atoms with E-state index in [9.17, 15) is 8.42 Å². The molecule has 0 fully saturated rings. The maximum atomic E-state index is 11.8. The van der Waals surface area contributed by atoms with Crippen LogP contribution in [0, 0.1) is 6.92 Å². The molecule has 1 aromatic heterocycles. The van der Waals surface area contributed by atoms with E-state index < -0.39 is 10.0 Å². The molecule has 1 aromatic carbocycles. The van der Waals surface area contributed by atoms with Gasteiger partial charge in [-0.3, -0.25) is 4.72 Å². The van der Waals surface area contributed by atoms with Gasteiger partial charge in [0.1, 0.15) is 5.82 Å². The molecule has 0 saturated carbocycles. The van der Waals surface area contributed by atoms with E-state index in [1.165, 1.54) is 0 Å². The van der Waals surface area contributed by atoms with Crippen molar-refractivity contribution in [2.24, 2.45) is 0 Å². The molecule has 2 aromatic rings. The van der Waals surface area contributed by atoms with Crippen LogP contribution in [0.15, 0.2) is 48.8 Å². The van der Waals surface area contributed by atoms with Gasteiger partial charge in [0.25, 0.3) is 0 Å². The molecule has 106 valence electrons. The van der Waals surface area contributed by atoms with Gasteiger partial charge in [0.05, 0.1) is 5.75 Å². The molecule has 6 heteroatoms. The first-order valence-electron chi connectivity index (χ1n) is 6.13. The number of sulfonamides is 1. The van der Waals surface area contributed by atoms with Crippen molar-refractivity contribution >= 4 is 15.7 Å². The lowest BCUT2D eigenvalue weighted by molar-refractivity contribution is 0.603. The van der Waals surface area contributed by atoms with Crippen LogP contribution in [-0.4, -0.2) is 23.7 Å². The first-order chi connectivity index (χ1) is 9.37. The second kappa shape index (κ2) is 5.50. The van der Waals surface area contributed by atoms with E-state index in [0.717, 1.165) is 11.5 Å². The summed E-state index contributed by atoms with van der Waals surface area (Å²) in [5.74, 6) is 0.802. The third-order valence-electron chi connectivity index (χ3n) is 2.68. The predicted octanol–water partition coefficient (Wildman–Crippen LogP) is 2.50. The fourth-order valence-corrected chi connectivity index (χ4v) is 3.10. The van der Waals surface area contributed by atoms with Gasteiger partial charge in [-0.25, -0.2) is 13.4 Å². The van der Waals surface area contributed by atoms with Gasteiger partial charge >= 0.3 is 0 Å². The lowest BCUT2D eigenvalue weighted by Crippen LogP contribution is -2.17. The number of hydrogen-bond acceptors (Lipinski definition) is 3. The zero-order valence-corrected chi connectivity index (χ0v) is 12.3. The summed E-state index contributed by atoms with van der Waals surface area (Å²) in [7, 11) is -3.38. The molecular formula is C14H17N3O2S. The maximum absolute atomic E-state index is 11.8. The topological polar surface area (TPSA) is 64.0 Å². The zero-order chi connectivity index (χ0) is 14.8. The number of nitrogens with one attached hydrogen (secondary N) is 1. The highest BCUT2D eigenvalue weighted by Gasteiger charge is 2.10. The summed E-state index contributed by atoms with van der Waals surface area (Å²) < 4.78 is 28.0. The molecule has 0 radical (unpaired) electrons. The third-order valence-corrected chi connectivity index (χ3v) is 4.10. The third kappa shape index (κ3) is 3.48. The number of aromatic nitrogens is 2. The Hall–Kier alpha value is -2.08. The van der Waals surface area contributed by atoms with Crippen molar-refractivity contribution in [2.75, 3.05) is 10.5 Å². The van der Waals surface area contributed by atoms with E-state index in [-0.39, 0.29) is 5.75 Å². The van der Waals surface area contributed by atoms with Crippen LogP contribution in [0.3, 0.4) is 0 Å². The van der Waals surface area contributed by atoms with Gasteiger partial charge < -0.3 is 4.57 Å². The molecule has 0 unspecified atom stereocenters. The lowest BCUT2D eigenvalue weighted by atomic mass is 10.3. The smallest absolute Gasteiger partial charge is 0.236 e. The van der Waals surface area contributed by atoms with E-state index in [1.54, 1.807) is 25.3 Å². The minimum absolute atomic E-state index is 0.0740. The number of benzene rings is 1. The molecule has 0 bridgehead atoms. The SMILES string of the molecule is C=C(C)CS(=O)(=O)Nc1ccc(-n2ccnc2C)cc1. The highest BCUT2D eigenvalue weighted by molar-refractivity contribution is 7.92. The molecular weight excluding hydrogens is 274 g/mol. The molecule has 0 spiro atoms. The summed E-state index contributed by atoms with van der Waals surface area (Å²) in [5, 5.41) is 0. The molecule has 20 heavy (non-hydrogen) atoms. The molecule has 0 aliphatic carbocycles. The average molecular weight is 291 g/mol. The van der Waals surface area contributed by atoms with Crippen LogP contribution in [0.2, 0.25) is 0 Å². The summed E-state index contributed by atoms with van der Waals surface area (Å²) in [6, 6.07) is 7.14. The minimum Gasteiger partial charge on any atom is -0.304 e. The maximum Gasteiger partial charge on any atom is 0.236 e. The van der Waals surface area contributed by atoms with Crippen LogP contribution in [0.25, 0.3) is 5.69 Å². The van der Waals surface area contributed by atoms with Crippen LogP contribution < -0.4 is 4.72 Å². The number of imidazole rings is 1. The molecule has 1 heterocycles. The van der Waals surface area contributed by atoms with E-state index in [4.69, 9.17) is 0 Å². The number of aryl methyl sites for hydroxylation is 1. The number of hydrogen-bond donors (Lipinski definition) is 1. The number of anilines is 1. The standard InChI is InChI=1S/C14H17N3O2S/c1-11(2)10-20(18,19)16-13-4-6-14(7-5-13)17-9-8-15-12(17)3/h4-9,16H,1,10H2,2-3H3. The Morgan fingerprint density at radius 2 is 2.00 bits per heavy atom. The minimum atomic E-state index is -3.38. The fraction of sp³-hybridized carbons (Fsp3) is 0.214. The Balaban J connectivity index is 2.17. The Morgan fingerprint density at radius 3 is 2.50 bits per heavy atom.